The Morgan fingerprint density at radius 3 is 2.50 bits per heavy atom. The van der Waals surface area contributed by atoms with Gasteiger partial charge in [0, 0.05) is 48.7 Å². The van der Waals surface area contributed by atoms with Gasteiger partial charge in [0.25, 0.3) is 0 Å². The quantitative estimate of drug-likeness (QED) is 0.917. The molecule has 6 heteroatoms. The number of carbonyl (C=O) groups is 1. The van der Waals surface area contributed by atoms with Crippen LogP contribution in [-0.2, 0) is 11.3 Å². The van der Waals surface area contributed by atoms with Crippen molar-refractivity contribution >= 4 is 17.2 Å². The molecule has 1 aromatic rings. The summed E-state index contributed by atoms with van der Waals surface area (Å²) in [6.07, 6.45) is 5.02. The van der Waals surface area contributed by atoms with E-state index in [-0.39, 0.29) is 10.8 Å². The van der Waals surface area contributed by atoms with Crippen LogP contribution in [0.4, 0.5) is 0 Å². The molecule has 0 saturated carbocycles. The van der Waals surface area contributed by atoms with Crippen LogP contribution in [0.15, 0.2) is 4.79 Å². The highest BCUT2D eigenvalue weighted by molar-refractivity contribution is 7.09. The Balaban J connectivity index is 1.58. The number of rotatable bonds is 4. The molecule has 2 fully saturated rings. The zero-order valence-corrected chi connectivity index (χ0v) is 14.4. The zero-order valence-electron chi connectivity index (χ0n) is 13.6. The number of hydrogen-bond acceptors (Lipinski definition) is 4. The molecule has 122 valence electrons. The molecule has 3 rings (SSSR count). The summed E-state index contributed by atoms with van der Waals surface area (Å²) < 4.78 is 1.73. The molecule has 2 unspecified atom stereocenters. The van der Waals surface area contributed by atoms with Crippen LogP contribution in [0.3, 0.4) is 0 Å². The van der Waals surface area contributed by atoms with E-state index in [2.05, 4.69) is 5.32 Å². The molecule has 1 amide bonds. The molecule has 0 aliphatic carbocycles. The van der Waals surface area contributed by atoms with Gasteiger partial charge in [0.05, 0.1) is 0 Å². The number of fused-ring (bicyclic) bond motifs is 2. The molecule has 3 heterocycles. The second-order valence-corrected chi connectivity index (χ2v) is 7.84. The van der Waals surface area contributed by atoms with Crippen molar-refractivity contribution in [3.05, 3.63) is 20.2 Å². The van der Waals surface area contributed by atoms with Crippen LogP contribution in [0.25, 0.3) is 0 Å². The minimum atomic E-state index is 0.0466. The van der Waals surface area contributed by atoms with Crippen LogP contribution >= 0.6 is 11.3 Å². The molecule has 0 spiro atoms. The van der Waals surface area contributed by atoms with Crippen molar-refractivity contribution in [2.75, 3.05) is 7.05 Å². The molecule has 1 aromatic heterocycles. The lowest BCUT2D eigenvalue weighted by Crippen LogP contribution is -2.48. The Morgan fingerprint density at radius 2 is 1.95 bits per heavy atom. The van der Waals surface area contributed by atoms with Gasteiger partial charge >= 0.3 is 4.87 Å². The smallest absolute Gasteiger partial charge is 0.307 e. The highest BCUT2D eigenvalue weighted by Crippen LogP contribution is 2.29. The van der Waals surface area contributed by atoms with Gasteiger partial charge in [-0.2, -0.15) is 0 Å². The molecule has 0 aromatic carbocycles. The van der Waals surface area contributed by atoms with Crippen LogP contribution in [0.5, 0.6) is 0 Å². The maximum atomic E-state index is 12.5. The Kier molecular flexibility index (Phi) is 4.41. The Hall–Kier alpha value is -1.14. The fourth-order valence-electron chi connectivity index (χ4n) is 3.78. The molecule has 2 bridgehead atoms. The van der Waals surface area contributed by atoms with E-state index >= 15 is 0 Å². The number of aromatic nitrogens is 1. The molecular weight excluding hydrogens is 298 g/mol. The van der Waals surface area contributed by atoms with Gasteiger partial charge in [-0.25, -0.2) is 0 Å². The lowest BCUT2D eigenvalue weighted by atomic mass is 9.98. The summed E-state index contributed by atoms with van der Waals surface area (Å²) in [5.41, 5.74) is 0.991. The van der Waals surface area contributed by atoms with Crippen molar-refractivity contribution in [2.24, 2.45) is 0 Å². The van der Waals surface area contributed by atoms with E-state index < -0.39 is 0 Å². The predicted octanol–water partition coefficient (Wildman–Crippen LogP) is 1.66. The highest BCUT2D eigenvalue weighted by Gasteiger charge is 2.36. The van der Waals surface area contributed by atoms with E-state index in [1.54, 1.807) is 4.57 Å². The second-order valence-electron chi connectivity index (χ2n) is 6.68. The summed E-state index contributed by atoms with van der Waals surface area (Å²) >= 11 is 1.27. The van der Waals surface area contributed by atoms with Crippen LogP contribution < -0.4 is 10.2 Å². The van der Waals surface area contributed by atoms with Crippen LogP contribution in [-0.4, -0.2) is 40.5 Å². The first-order valence-corrected chi connectivity index (χ1v) is 8.96. The maximum absolute atomic E-state index is 12.5. The van der Waals surface area contributed by atoms with E-state index in [0.29, 0.717) is 31.1 Å². The molecular formula is C16H25N3O2S. The largest absolute Gasteiger partial charge is 0.343 e. The van der Waals surface area contributed by atoms with Gasteiger partial charge in [-0.1, -0.05) is 11.3 Å². The first kappa shape index (κ1) is 15.7. The molecule has 2 aliphatic rings. The summed E-state index contributed by atoms with van der Waals surface area (Å²) in [5.74, 6) is 0.154. The molecule has 2 atom stereocenters. The van der Waals surface area contributed by atoms with Gasteiger partial charge in [-0.15, -0.1) is 0 Å². The van der Waals surface area contributed by atoms with Gasteiger partial charge in [0.1, 0.15) is 0 Å². The van der Waals surface area contributed by atoms with E-state index in [0.717, 1.165) is 23.4 Å². The van der Waals surface area contributed by atoms with Crippen molar-refractivity contribution in [2.45, 2.75) is 70.6 Å². The number of piperidine rings is 1. The van der Waals surface area contributed by atoms with E-state index in [4.69, 9.17) is 0 Å². The number of amides is 1. The fraction of sp³-hybridized carbons (Fsp3) is 0.750. The van der Waals surface area contributed by atoms with Gasteiger partial charge in [-0.05, 0) is 39.5 Å². The average molecular weight is 323 g/mol. The van der Waals surface area contributed by atoms with Crippen molar-refractivity contribution < 1.29 is 4.79 Å². The summed E-state index contributed by atoms with van der Waals surface area (Å²) in [6, 6.07) is 1.53. The number of thiazole rings is 1. The van der Waals surface area contributed by atoms with Crippen molar-refractivity contribution in [1.82, 2.24) is 14.8 Å². The fourth-order valence-corrected chi connectivity index (χ4v) is 4.64. The summed E-state index contributed by atoms with van der Waals surface area (Å²) in [6.45, 7) is 4.40. The van der Waals surface area contributed by atoms with Crippen LogP contribution in [0.1, 0.15) is 42.7 Å². The number of nitrogens with one attached hydrogen (secondary N) is 1. The van der Waals surface area contributed by atoms with Crippen LogP contribution in [0.2, 0.25) is 0 Å². The average Bonchev–Trinajstić information content (AvgIpc) is 2.95. The molecule has 5 nitrogen and oxygen atoms in total. The van der Waals surface area contributed by atoms with E-state index in [1.165, 1.54) is 24.2 Å². The monoisotopic (exact) mass is 323 g/mol. The minimum absolute atomic E-state index is 0.0466. The third-order valence-corrected chi connectivity index (χ3v) is 6.31. The van der Waals surface area contributed by atoms with Crippen molar-refractivity contribution in [3.63, 3.8) is 0 Å². The summed E-state index contributed by atoms with van der Waals surface area (Å²) in [4.78, 5) is 27.4. The normalized spacial score (nSPS) is 27.1. The van der Waals surface area contributed by atoms with Gasteiger partial charge < -0.3 is 14.8 Å². The molecule has 0 radical (unpaired) electrons. The third kappa shape index (κ3) is 2.99. The predicted molar refractivity (Wildman–Crippen MR) is 88.4 cm³/mol. The lowest BCUT2D eigenvalue weighted by Gasteiger charge is -2.35. The Bertz CT molecular complexity index is 609. The number of hydrogen-bond donors (Lipinski definition) is 1. The summed E-state index contributed by atoms with van der Waals surface area (Å²) in [5, 5.41) is 3.61. The maximum Gasteiger partial charge on any atom is 0.307 e. The van der Waals surface area contributed by atoms with Gasteiger partial charge in [0.15, 0.2) is 0 Å². The highest BCUT2D eigenvalue weighted by atomic mass is 32.1. The molecule has 22 heavy (non-hydrogen) atoms. The van der Waals surface area contributed by atoms with Crippen LogP contribution in [0, 0.1) is 13.8 Å². The Morgan fingerprint density at radius 1 is 1.32 bits per heavy atom. The molecule has 2 aliphatic heterocycles. The number of nitrogens with zero attached hydrogens (tertiary/aromatic N) is 2. The number of aryl methyl sites for hydroxylation is 1. The summed E-state index contributed by atoms with van der Waals surface area (Å²) in [7, 11) is 1.92. The third-order valence-electron chi connectivity index (χ3n) is 5.31. The SMILES string of the molecule is Cc1sc(=O)n(CCC(=O)N(C)C2CC3CCC(C2)N3)c1C. The van der Waals surface area contributed by atoms with Crippen molar-refractivity contribution in [3.8, 4) is 0 Å². The molecule has 1 N–H and O–H groups in total. The van der Waals surface area contributed by atoms with Gasteiger partial charge in [-0.3, -0.25) is 9.59 Å². The zero-order chi connectivity index (χ0) is 15.9. The number of carbonyl (C=O) groups excluding carboxylic acids is 1. The van der Waals surface area contributed by atoms with Gasteiger partial charge in [0.2, 0.25) is 5.91 Å². The van der Waals surface area contributed by atoms with E-state index in [9.17, 15) is 9.59 Å². The first-order valence-electron chi connectivity index (χ1n) is 8.14. The minimum Gasteiger partial charge on any atom is -0.343 e. The topological polar surface area (TPSA) is 54.3 Å². The molecule has 2 saturated heterocycles. The second kappa shape index (κ2) is 6.16. The van der Waals surface area contributed by atoms with E-state index in [1.807, 2.05) is 25.8 Å². The lowest BCUT2D eigenvalue weighted by molar-refractivity contribution is -0.132. The van der Waals surface area contributed by atoms with Crippen molar-refractivity contribution in [1.29, 1.82) is 0 Å². The standard InChI is InChI=1S/C16H25N3O2S/c1-10-11(2)22-16(21)19(10)7-6-15(20)18(3)14-8-12-4-5-13(9-14)17-12/h12-14,17H,4-9H2,1-3H3. The first-order chi connectivity index (χ1) is 10.5. The Labute approximate surface area is 135 Å².